The first kappa shape index (κ1) is 16.6. The Kier molecular flexibility index (Phi) is 3.24. The second kappa shape index (κ2) is 5.26. The van der Waals surface area contributed by atoms with E-state index in [1.807, 2.05) is 18.6 Å². The van der Waals surface area contributed by atoms with Crippen LogP contribution in [0.15, 0.2) is 55.0 Å². The minimum atomic E-state index is -1.42. The molecule has 27 heavy (non-hydrogen) atoms. The smallest absolute Gasteiger partial charge is 0.0786 e. The zero-order valence-corrected chi connectivity index (χ0v) is 17.6. The van der Waals surface area contributed by atoms with Gasteiger partial charge in [0, 0.05) is 40.3 Å². The van der Waals surface area contributed by atoms with Crippen LogP contribution in [0.25, 0.3) is 32.8 Å². The minimum absolute atomic E-state index is 0.0662. The first-order chi connectivity index (χ1) is 12.8. The Morgan fingerprint density at radius 1 is 0.815 bits per heavy atom. The third-order valence-electron chi connectivity index (χ3n) is 6.11. The standard InChI is InChI=1S/C24H24N2Si/c1-24(2)20-12-17-14-25-8-6-15(17)11-19(20)23-22-16(7-9-26-23)10-18(13-21(22)24)27(3,4)5/h6-14H,1-5H3. The van der Waals surface area contributed by atoms with Crippen LogP contribution in [0.1, 0.15) is 25.0 Å². The highest BCUT2D eigenvalue weighted by atomic mass is 28.3. The Morgan fingerprint density at radius 2 is 1.59 bits per heavy atom. The van der Waals surface area contributed by atoms with E-state index in [0.717, 1.165) is 5.69 Å². The normalized spacial score (nSPS) is 15.1. The largest absolute Gasteiger partial charge is 0.264 e. The predicted octanol–water partition coefficient (Wildman–Crippen LogP) is 5.63. The van der Waals surface area contributed by atoms with Crippen LogP contribution >= 0.6 is 0 Å². The fraction of sp³-hybridized carbons (Fsp3) is 0.250. The molecule has 2 nitrogen and oxygen atoms in total. The first-order valence-electron chi connectivity index (χ1n) is 9.59. The number of aromatic nitrogens is 2. The maximum Gasteiger partial charge on any atom is 0.0786 e. The molecule has 0 saturated heterocycles. The summed E-state index contributed by atoms with van der Waals surface area (Å²) in [4.78, 5) is 9.17. The average Bonchev–Trinajstić information content (AvgIpc) is 2.64. The number of pyridine rings is 2. The maximum atomic E-state index is 4.84. The van der Waals surface area contributed by atoms with Gasteiger partial charge in [0.2, 0.25) is 0 Å². The highest BCUT2D eigenvalue weighted by Gasteiger charge is 2.35. The van der Waals surface area contributed by atoms with Gasteiger partial charge in [0.25, 0.3) is 0 Å². The Bertz CT molecular complexity index is 1230. The van der Waals surface area contributed by atoms with Crippen LogP contribution in [0.4, 0.5) is 0 Å². The number of benzene rings is 2. The molecule has 5 rings (SSSR count). The van der Waals surface area contributed by atoms with Crippen molar-refractivity contribution in [3.63, 3.8) is 0 Å². The first-order valence-corrected chi connectivity index (χ1v) is 13.1. The molecule has 2 aromatic carbocycles. The lowest BCUT2D eigenvalue weighted by Crippen LogP contribution is -2.39. The summed E-state index contributed by atoms with van der Waals surface area (Å²) in [5.74, 6) is 0. The van der Waals surface area contributed by atoms with Gasteiger partial charge in [0.15, 0.2) is 0 Å². The molecule has 2 heterocycles. The van der Waals surface area contributed by atoms with E-state index in [-0.39, 0.29) is 5.41 Å². The van der Waals surface area contributed by atoms with Gasteiger partial charge in [-0.25, -0.2) is 0 Å². The van der Waals surface area contributed by atoms with Crippen LogP contribution in [-0.4, -0.2) is 18.0 Å². The van der Waals surface area contributed by atoms with Crippen molar-refractivity contribution in [1.82, 2.24) is 9.97 Å². The third kappa shape index (κ3) is 2.31. The van der Waals surface area contributed by atoms with Crippen LogP contribution in [0.3, 0.4) is 0 Å². The van der Waals surface area contributed by atoms with E-state index in [1.165, 1.54) is 43.4 Å². The second-order valence-electron chi connectivity index (χ2n) is 9.28. The topological polar surface area (TPSA) is 25.8 Å². The lowest BCUT2D eigenvalue weighted by molar-refractivity contribution is 0.645. The van der Waals surface area contributed by atoms with Crippen molar-refractivity contribution in [2.75, 3.05) is 0 Å². The number of rotatable bonds is 1. The fourth-order valence-electron chi connectivity index (χ4n) is 4.44. The summed E-state index contributed by atoms with van der Waals surface area (Å²) in [5, 5.41) is 6.58. The molecular formula is C24H24N2Si. The second-order valence-corrected chi connectivity index (χ2v) is 14.4. The summed E-state index contributed by atoms with van der Waals surface area (Å²) in [6.07, 6.45) is 5.80. The van der Waals surface area contributed by atoms with Crippen LogP contribution < -0.4 is 5.19 Å². The number of hydrogen-bond acceptors (Lipinski definition) is 2. The van der Waals surface area contributed by atoms with Crippen LogP contribution in [0.5, 0.6) is 0 Å². The van der Waals surface area contributed by atoms with Crippen molar-refractivity contribution in [2.45, 2.75) is 38.9 Å². The van der Waals surface area contributed by atoms with Crippen molar-refractivity contribution in [1.29, 1.82) is 0 Å². The number of nitrogens with zero attached hydrogens (tertiary/aromatic N) is 2. The molecule has 1 aliphatic carbocycles. The highest BCUT2D eigenvalue weighted by molar-refractivity contribution is 6.88. The van der Waals surface area contributed by atoms with Gasteiger partial charge >= 0.3 is 0 Å². The van der Waals surface area contributed by atoms with Gasteiger partial charge in [-0.2, -0.15) is 0 Å². The molecule has 1 aliphatic rings. The molecule has 0 unspecified atom stereocenters. The molecule has 3 heteroatoms. The summed E-state index contributed by atoms with van der Waals surface area (Å²) in [6.45, 7) is 12.0. The van der Waals surface area contributed by atoms with E-state index in [4.69, 9.17) is 4.98 Å². The quantitative estimate of drug-likeness (QED) is 0.407. The van der Waals surface area contributed by atoms with E-state index in [0.29, 0.717) is 0 Å². The van der Waals surface area contributed by atoms with Crippen LogP contribution in [0, 0.1) is 0 Å². The molecule has 134 valence electrons. The van der Waals surface area contributed by atoms with E-state index in [1.54, 1.807) is 0 Å². The highest BCUT2D eigenvalue weighted by Crippen LogP contribution is 2.48. The van der Waals surface area contributed by atoms with Crippen molar-refractivity contribution >= 4 is 34.8 Å². The summed E-state index contributed by atoms with van der Waals surface area (Å²) < 4.78 is 0. The minimum Gasteiger partial charge on any atom is -0.264 e. The lowest BCUT2D eigenvalue weighted by atomic mass is 9.69. The Labute approximate surface area is 161 Å². The average molecular weight is 369 g/mol. The molecule has 2 aromatic heterocycles. The van der Waals surface area contributed by atoms with Crippen LogP contribution in [0.2, 0.25) is 19.6 Å². The molecular weight excluding hydrogens is 344 g/mol. The van der Waals surface area contributed by atoms with Gasteiger partial charge in [-0.15, -0.1) is 0 Å². The predicted molar refractivity (Wildman–Crippen MR) is 118 cm³/mol. The molecule has 4 aromatic rings. The lowest BCUT2D eigenvalue weighted by Gasteiger charge is -2.36. The zero-order chi connectivity index (χ0) is 19.0. The summed E-state index contributed by atoms with van der Waals surface area (Å²) in [5.41, 5.74) is 5.08. The van der Waals surface area contributed by atoms with Gasteiger partial charge < -0.3 is 0 Å². The SMILES string of the molecule is CC1(C)c2cc3cnccc3cc2-c2nccc3cc([Si](C)(C)C)cc1c23. The maximum absolute atomic E-state index is 4.84. The summed E-state index contributed by atoms with van der Waals surface area (Å²) in [7, 11) is -1.42. The van der Waals surface area contributed by atoms with Gasteiger partial charge in [-0.1, -0.05) is 50.8 Å². The Balaban J connectivity index is 1.96. The summed E-state index contributed by atoms with van der Waals surface area (Å²) in [6, 6.07) is 13.8. The number of hydrogen-bond donors (Lipinski definition) is 0. The molecule has 0 aliphatic heterocycles. The van der Waals surface area contributed by atoms with Gasteiger partial charge in [-0.3, -0.25) is 9.97 Å². The molecule has 0 fully saturated rings. The van der Waals surface area contributed by atoms with Gasteiger partial charge in [0.05, 0.1) is 13.8 Å². The van der Waals surface area contributed by atoms with Gasteiger partial charge in [-0.05, 0) is 46.2 Å². The Morgan fingerprint density at radius 3 is 2.37 bits per heavy atom. The number of fused-ring (bicyclic) bond motifs is 3. The summed E-state index contributed by atoms with van der Waals surface area (Å²) >= 11 is 0. The third-order valence-corrected chi connectivity index (χ3v) is 8.13. The molecule has 0 amide bonds. The van der Waals surface area contributed by atoms with Crippen molar-refractivity contribution in [3.8, 4) is 11.3 Å². The van der Waals surface area contributed by atoms with E-state index >= 15 is 0 Å². The zero-order valence-electron chi connectivity index (χ0n) is 16.6. The van der Waals surface area contributed by atoms with Crippen molar-refractivity contribution < 1.29 is 0 Å². The van der Waals surface area contributed by atoms with E-state index < -0.39 is 8.07 Å². The molecule has 0 N–H and O–H groups in total. The monoisotopic (exact) mass is 368 g/mol. The van der Waals surface area contributed by atoms with Crippen LogP contribution in [-0.2, 0) is 5.41 Å². The van der Waals surface area contributed by atoms with Gasteiger partial charge in [0.1, 0.15) is 0 Å². The van der Waals surface area contributed by atoms with E-state index in [9.17, 15) is 0 Å². The molecule has 0 radical (unpaired) electrons. The molecule has 0 bridgehead atoms. The van der Waals surface area contributed by atoms with E-state index in [2.05, 4.69) is 74.9 Å². The Hall–Kier alpha value is -2.52. The fourth-order valence-corrected chi connectivity index (χ4v) is 5.61. The molecule has 0 saturated carbocycles. The molecule has 0 spiro atoms. The van der Waals surface area contributed by atoms with Crippen molar-refractivity contribution in [2.24, 2.45) is 0 Å². The molecule has 0 atom stereocenters. The van der Waals surface area contributed by atoms with Crippen molar-refractivity contribution in [3.05, 3.63) is 66.1 Å².